The third-order valence-corrected chi connectivity index (χ3v) is 5.58. The molecular weight excluding hydrogens is 314 g/mol. The van der Waals surface area contributed by atoms with Gasteiger partial charge in [-0.05, 0) is 69.2 Å². The molecule has 0 aromatic heterocycles. The zero-order valence-electron chi connectivity index (χ0n) is 15.3. The quantitative estimate of drug-likeness (QED) is 0.879. The highest BCUT2D eigenvalue weighted by molar-refractivity contribution is 5.96. The van der Waals surface area contributed by atoms with Crippen molar-refractivity contribution in [2.75, 3.05) is 26.2 Å². The number of carbonyl (C=O) groups is 2. The Labute approximate surface area is 150 Å². The number of amides is 2. The van der Waals surface area contributed by atoms with Crippen molar-refractivity contribution >= 4 is 11.8 Å². The standard InChI is InChI=1S/C20H29N3O2/c1-14-6-3-8-17(15(14)2)20(25)23-11-5-7-16(13-23)12-22-19(24)18-9-4-10-21-18/h3,6,8,16,18,21H,4-5,7,9-13H2,1-2H3,(H,22,24)/t16-,18-/m0/s1. The van der Waals surface area contributed by atoms with E-state index in [4.69, 9.17) is 0 Å². The van der Waals surface area contributed by atoms with E-state index in [1.165, 1.54) is 0 Å². The zero-order chi connectivity index (χ0) is 17.8. The minimum absolute atomic E-state index is 0.0312. The maximum Gasteiger partial charge on any atom is 0.254 e. The largest absolute Gasteiger partial charge is 0.354 e. The van der Waals surface area contributed by atoms with Crippen LogP contribution in [0.5, 0.6) is 0 Å². The van der Waals surface area contributed by atoms with Gasteiger partial charge in [0.05, 0.1) is 6.04 Å². The van der Waals surface area contributed by atoms with E-state index in [9.17, 15) is 9.59 Å². The van der Waals surface area contributed by atoms with Crippen molar-refractivity contribution in [2.24, 2.45) is 5.92 Å². The lowest BCUT2D eigenvalue weighted by Gasteiger charge is -2.33. The van der Waals surface area contributed by atoms with Crippen molar-refractivity contribution in [3.8, 4) is 0 Å². The predicted molar refractivity (Wildman–Crippen MR) is 98.6 cm³/mol. The van der Waals surface area contributed by atoms with E-state index in [0.717, 1.165) is 62.0 Å². The molecule has 2 saturated heterocycles. The van der Waals surface area contributed by atoms with Gasteiger partial charge in [-0.1, -0.05) is 12.1 Å². The second-order valence-corrected chi connectivity index (χ2v) is 7.40. The SMILES string of the molecule is Cc1cccc(C(=O)N2CCC[C@@H](CNC(=O)[C@@H]3CCCN3)C2)c1C. The van der Waals surface area contributed by atoms with E-state index >= 15 is 0 Å². The molecule has 2 heterocycles. The fourth-order valence-electron chi connectivity index (χ4n) is 3.85. The van der Waals surface area contributed by atoms with E-state index in [1.807, 2.05) is 36.9 Å². The monoisotopic (exact) mass is 343 g/mol. The first-order chi connectivity index (χ1) is 12.1. The summed E-state index contributed by atoms with van der Waals surface area (Å²) in [4.78, 5) is 27.0. The predicted octanol–water partition coefficient (Wildman–Crippen LogP) is 2.02. The number of rotatable bonds is 4. The molecule has 2 amide bonds. The molecule has 0 bridgehead atoms. The lowest BCUT2D eigenvalue weighted by molar-refractivity contribution is -0.123. The Bertz CT molecular complexity index is 638. The summed E-state index contributed by atoms with van der Waals surface area (Å²) in [5.41, 5.74) is 3.02. The van der Waals surface area contributed by atoms with Gasteiger partial charge in [-0.25, -0.2) is 0 Å². The Hall–Kier alpha value is -1.88. The lowest BCUT2D eigenvalue weighted by atomic mass is 9.96. The van der Waals surface area contributed by atoms with Crippen LogP contribution in [0.15, 0.2) is 18.2 Å². The van der Waals surface area contributed by atoms with Gasteiger partial charge in [0, 0.05) is 25.2 Å². The van der Waals surface area contributed by atoms with Gasteiger partial charge in [0.2, 0.25) is 5.91 Å². The highest BCUT2D eigenvalue weighted by Crippen LogP contribution is 2.21. The van der Waals surface area contributed by atoms with Crippen LogP contribution in [0.4, 0.5) is 0 Å². The maximum absolute atomic E-state index is 12.9. The molecule has 2 aliphatic rings. The molecule has 2 N–H and O–H groups in total. The smallest absolute Gasteiger partial charge is 0.254 e. The summed E-state index contributed by atoms with van der Waals surface area (Å²) in [6, 6.07) is 5.88. The number of piperidine rings is 1. The number of hydrogen-bond acceptors (Lipinski definition) is 3. The first-order valence-electron chi connectivity index (χ1n) is 9.43. The maximum atomic E-state index is 12.9. The van der Waals surface area contributed by atoms with Crippen LogP contribution in [0.2, 0.25) is 0 Å². The summed E-state index contributed by atoms with van der Waals surface area (Å²) in [7, 11) is 0. The molecule has 3 rings (SSSR count). The van der Waals surface area contributed by atoms with Crippen LogP contribution in [0.3, 0.4) is 0 Å². The van der Waals surface area contributed by atoms with E-state index < -0.39 is 0 Å². The summed E-state index contributed by atoms with van der Waals surface area (Å²) < 4.78 is 0. The molecule has 5 heteroatoms. The first-order valence-corrected chi connectivity index (χ1v) is 9.43. The zero-order valence-corrected chi connectivity index (χ0v) is 15.3. The Morgan fingerprint density at radius 1 is 1.24 bits per heavy atom. The summed E-state index contributed by atoms with van der Waals surface area (Å²) in [6.07, 6.45) is 4.06. The molecule has 2 atom stereocenters. The molecule has 2 fully saturated rings. The van der Waals surface area contributed by atoms with Crippen LogP contribution in [-0.4, -0.2) is 48.9 Å². The van der Waals surface area contributed by atoms with Gasteiger partial charge >= 0.3 is 0 Å². The number of aryl methyl sites for hydroxylation is 1. The number of hydrogen-bond donors (Lipinski definition) is 2. The van der Waals surface area contributed by atoms with Crippen molar-refractivity contribution < 1.29 is 9.59 Å². The molecule has 0 radical (unpaired) electrons. The molecule has 5 nitrogen and oxygen atoms in total. The number of nitrogens with zero attached hydrogens (tertiary/aromatic N) is 1. The van der Waals surface area contributed by atoms with Crippen molar-refractivity contribution in [2.45, 2.75) is 45.6 Å². The number of carbonyl (C=O) groups excluding carboxylic acids is 2. The Morgan fingerprint density at radius 3 is 2.84 bits per heavy atom. The highest BCUT2D eigenvalue weighted by Gasteiger charge is 2.27. The number of likely N-dealkylation sites (tertiary alicyclic amines) is 1. The molecule has 0 saturated carbocycles. The molecule has 2 aliphatic heterocycles. The van der Waals surface area contributed by atoms with Crippen molar-refractivity contribution in [3.05, 3.63) is 34.9 Å². The van der Waals surface area contributed by atoms with Gasteiger partial charge in [-0.15, -0.1) is 0 Å². The van der Waals surface area contributed by atoms with Crippen molar-refractivity contribution in [1.29, 1.82) is 0 Å². The van der Waals surface area contributed by atoms with Crippen LogP contribution >= 0.6 is 0 Å². The van der Waals surface area contributed by atoms with Crippen LogP contribution in [-0.2, 0) is 4.79 Å². The Kier molecular flexibility index (Phi) is 5.74. The normalized spacial score (nSPS) is 23.5. The van der Waals surface area contributed by atoms with Gasteiger partial charge in [0.25, 0.3) is 5.91 Å². The molecule has 0 unspecified atom stereocenters. The van der Waals surface area contributed by atoms with Crippen LogP contribution in [0.1, 0.15) is 47.2 Å². The summed E-state index contributed by atoms with van der Waals surface area (Å²) >= 11 is 0. The Balaban J connectivity index is 1.56. The molecule has 136 valence electrons. The van der Waals surface area contributed by atoms with Crippen molar-refractivity contribution in [3.63, 3.8) is 0 Å². The summed E-state index contributed by atoms with van der Waals surface area (Å²) in [5, 5.41) is 6.30. The van der Waals surface area contributed by atoms with E-state index in [1.54, 1.807) is 0 Å². The van der Waals surface area contributed by atoms with Crippen LogP contribution < -0.4 is 10.6 Å². The second kappa shape index (κ2) is 8.00. The van der Waals surface area contributed by atoms with E-state index in [-0.39, 0.29) is 17.9 Å². The topological polar surface area (TPSA) is 61.4 Å². The fourth-order valence-corrected chi connectivity index (χ4v) is 3.85. The number of benzene rings is 1. The average Bonchev–Trinajstić information content (AvgIpc) is 3.16. The summed E-state index contributed by atoms with van der Waals surface area (Å²) in [6.45, 7) is 7.18. The van der Waals surface area contributed by atoms with Gasteiger partial charge in [0.15, 0.2) is 0 Å². The third kappa shape index (κ3) is 4.21. The molecule has 1 aromatic rings. The van der Waals surface area contributed by atoms with Crippen LogP contribution in [0.25, 0.3) is 0 Å². The molecule has 25 heavy (non-hydrogen) atoms. The van der Waals surface area contributed by atoms with Gasteiger partial charge < -0.3 is 15.5 Å². The molecule has 1 aromatic carbocycles. The van der Waals surface area contributed by atoms with E-state index in [0.29, 0.717) is 12.5 Å². The fraction of sp³-hybridized carbons (Fsp3) is 0.600. The average molecular weight is 343 g/mol. The molecule has 0 spiro atoms. The van der Waals surface area contributed by atoms with Gasteiger partial charge in [-0.2, -0.15) is 0 Å². The third-order valence-electron chi connectivity index (χ3n) is 5.58. The van der Waals surface area contributed by atoms with Crippen molar-refractivity contribution in [1.82, 2.24) is 15.5 Å². The highest BCUT2D eigenvalue weighted by atomic mass is 16.2. The van der Waals surface area contributed by atoms with Gasteiger partial charge in [0.1, 0.15) is 0 Å². The molecular formula is C20H29N3O2. The lowest BCUT2D eigenvalue weighted by Crippen LogP contribution is -2.46. The first kappa shape index (κ1) is 17.9. The second-order valence-electron chi connectivity index (χ2n) is 7.40. The number of nitrogens with one attached hydrogen (secondary N) is 2. The van der Waals surface area contributed by atoms with Gasteiger partial charge in [-0.3, -0.25) is 9.59 Å². The van der Waals surface area contributed by atoms with E-state index in [2.05, 4.69) is 10.6 Å². The minimum atomic E-state index is -0.0312. The van der Waals surface area contributed by atoms with Crippen LogP contribution in [0, 0.1) is 19.8 Å². The Morgan fingerprint density at radius 2 is 2.08 bits per heavy atom. The molecule has 0 aliphatic carbocycles. The summed E-state index contributed by atoms with van der Waals surface area (Å²) in [5.74, 6) is 0.568. The minimum Gasteiger partial charge on any atom is -0.354 e.